The predicted octanol–water partition coefficient (Wildman–Crippen LogP) is 3.89. The molecular formula is C16H27NO. The molecule has 0 fully saturated rings. The van der Waals surface area contributed by atoms with Gasteiger partial charge in [0.25, 0.3) is 0 Å². The minimum absolute atomic E-state index is 0.206. The van der Waals surface area contributed by atoms with Crippen molar-refractivity contribution < 1.29 is 4.74 Å². The molecule has 0 spiro atoms. The summed E-state index contributed by atoms with van der Waals surface area (Å²) in [6.07, 6.45) is 1.37. The molecule has 2 heteroatoms. The average molecular weight is 249 g/mol. The maximum atomic E-state index is 6.02. The van der Waals surface area contributed by atoms with Gasteiger partial charge in [0.1, 0.15) is 11.9 Å². The summed E-state index contributed by atoms with van der Waals surface area (Å²) in [5, 5.41) is 3.39. The van der Waals surface area contributed by atoms with Crippen LogP contribution in [-0.2, 0) is 0 Å². The fourth-order valence-corrected chi connectivity index (χ4v) is 1.84. The highest BCUT2D eigenvalue weighted by molar-refractivity contribution is 5.37. The number of ether oxygens (including phenoxy) is 1. The van der Waals surface area contributed by atoms with Crippen LogP contribution in [0, 0.1) is 6.92 Å². The Morgan fingerprint density at radius 1 is 1.22 bits per heavy atom. The van der Waals surface area contributed by atoms with E-state index in [0.717, 1.165) is 25.3 Å². The van der Waals surface area contributed by atoms with Crippen molar-refractivity contribution in [3.8, 4) is 5.75 Å². The van der Waals surface area contributed by atoms with E-state index in [0.29, 0.717) is 5.92 Å². The van der Waals surface area contributed by atoms with Gasteiger partial charge in [-0.2, -0.15) is 0 Å². The lowest BCUT2D eigenvalue weighted by molar-refractivity contribution is 0.216. The number of aryl methyl sites for hydroxylation is 1. The second-order valence-corrected chi connectivity index (χ2v) is 5.31. The van der Waals surface area contributed by atoms with Gasteiger partial charge in [0.2, 0.25) is 0 Å². The smallest absolute Gasteiger partial charge is 0.122 e. The predicted molar refractivity (Wildman–Crippen MR) is 78.5 cm³/mol. The summed E-state index contributed by atoms with van der Waals surface area (Å²) in [7, 11) is 0. The molecule has 1 aromatic carbocycles. The van der Waals surface area contributed by atoms with Crippen LogP contribution in [0.1, 0.15) is 51.2 Å². The molecule has 0 saturated carbocycles. The van der Waals surface area contributed by atoms with Crippen molar-refractivity contribution in [2.45, 2.75) is 53.1 Å². The minimum Gasteiger partial charge on any atom is -0.489 e. The molecule has 102 valence electrons. The Bertz CT molecular complexity index is 360. The van der Waals surface area contributed by atoms with Gasteiger partial charge in [0.05, 0.1) is 0 Å². The molecule has 0 bridgehead atoms. The van der Waals surface area contributed by atoms with Gasteiger partial charge in [-0.15, -0.1) is 0 Å². The van der Waals surface area contributed by atoms with Gasteiger partial charge < -0.3 is 10.1 Å². The molecule has 0 amide bonds. The standard InChI is InChI=1S/C16H27NO/c1-6-9-17-11-14(5)18-16-10-15(12(2)3)8-7-13(16)4/h7-8,10,12,14,17H,6,9,11H2,1-5H3. The van der Waals surface area contributed by atoms with Gasteiger partial charge in [-0.1, -0.05) is 32.9 Å². The summed E-state index contributed by atoms with van der Waals surface area (Å²) >= 11 is 0. The van der Waals surface area contributed by atoms with Crippen LogP contribution in [0.3, 0.4) is 0 Å². The lowest BCUT2D eigenvalue weighted by atomic mass is 10.0. The van der Waals surface area contributed by atoms with Gasteiger partial charge in [0.15, 0.2) is 0 Å². The minimum atomic E-state index is 0.206. The third kappa shape index (κ3) is 4.69. The van der Waals surface area contributed by atoms with Gasteiger partial charge in [-0.25, -0.2) is 0 Å². The maximum absolute atomic E-state index is 6.02. The molecule has 1 N–H and O–H groups in total. The number of hydrogen-bond acceptors (Lipinski definition) is 2. The van der Waals surface area contributed by atoms with Gasteiger partial charge in [-0.3, -0.25) is 0 Å². The maximum Gasteiger partial charge on any atom is 0.122 e. The second-order valence-electron chi connectivity index (χ2n) is 5.31. The first kappa shape index (κ1) is 15.0. The quantitative estimate of drug-likeness (QED) is 0.740. The number of hydrogen-bond donors (Lipinski definition) is 1. The van der Waals surface area contributed by atoms with Crippen molar-refractivity contribution in [3.63, 3.8) is 0 Å². The average Bonchev–Trinajstić information content (AvgIpc) is 2.32. The van der Waals surface area contributed by atoms with Crippen LogP contribution in [0.2, 0.25) is 0 Å². The lowest BCUT2D eigenvalue weighted by Gasteiger charge is -2.18. The molecule has 0 aliphatic rings. The molecule has 0 aliphatic carbocycles. The van der Waals surface area contributed by atoms with Crippen LogP contribution in [0.15, 0.2) is 18.2 Å². The summed E-state index contributed by atoms with van der Waals surface area (Å²) in [5.74, 6) is 1.56. The zero-order valence-corrected chi connectivity index (χ0v) is 12.4. The molecule has 0 saturated heterocycles. The Morgan fingerprint density at radius 3 is 2.56 bits per heavy atom. The topological polar surface area (TPSA) is 21.3 Å². The van der Waals surface area contributed by atoms with Gasteiger partial charge in [-0.05, 0) is 49.9 Å². The Labute approximate surface area is 112 Å². The normalized spacial score (nSPS) is 12.8. The zero-order valence-electron chi connectivity index (χ0n) is 12.4. The zero-order chi connectivity index (χ0) is 13.5. The summed E-state index contributed by atoms with van der Waals surface area (Å²) in [4.78, 5) is 0. The van der Waals surface area contributed by atoms with Crippen molar-refractivity contribution in [3.05, 3.63) is 29.3 Å². The van der Waals surface area contributed by atoms with E-state index >= 15 is 0 Å². The molecule has 1 unspecified atom stereocenters. The van der Waals surface area contributed by atoms with Crippen molar-refractivity contribution in [2.75, 3.05) is 13.1 Å². The third-order valence-electron chi connectivity index (χ3n) is 3.07. The molecule has 18 heavy (non-hydrogen) atoms. The fraction of sp³-hybridized carbons (Fsp3) is 0.625. The van der Waals surface area contributed by atoms with Crippen LogP contribution in [-0.4, -0.2) is 19.2 Å². The number of nitrogens with one attached hydrogen (secondary N) is 1. The van der Waals surface area contributed by atoms with Crippen LogP contribution in [0.5, 0.6) is 5.75 Å². The molecule has 1 rings (SSSR count). The first-order valence-corrected chi connectivity index (χ1v) is 7.02. The van der Waals surface area contributed by atoms with E-state index < -0.39 is 0 Å². The molecule has 1 aromatic rings. The summed E-state index contributed by atoms with van der Waals surface area (Å²) in [6, 6.07) is 6.51. The Kier molecular flexibility index (Phi) is 6.20. The molecule has 2 nitrogen and oxygen atoms in total. The number of rotatable bonds is 7. The lowest BCUT2D eigenvalue weighted by Crippen LogP contribution is -2.29. The monoisotopic (exact) mass is 249 g/mol. The first-order valence-electron chi connectivity index (χ1n) is 7.02. The van der Waals surface area contributed by atoms with E-state index in [2.05, 4.69) is 58.1 Å². The molecule has 0 aromatic heterocycles. The van der Waals surface area contributed by atoms with E-state index in [9.17, 15) is 0 Å². The fourth-order valence-electron chi connectivity index (χ4n) is 1.84. The second kappa shape index (κ2) is 7.42. The first-order chi connectivity index (χ1) is 8.54. The Morgan fingerprint density at radius 2 is 1.94 bits per heavy atom. The number of benzene rings is 1. The SMILES string of the molecule is CCCNCC(C)Oc1cc(C(C)C)ccc1C. The summed E-state index contributed by atoms with van der Waals surface area (Å²) in [6.45, 7) is 12.8. The molecular weight excluding hydrogens is 222 g/mol. The van der Waals surface area contributed by atoms with E-state index in [4.69, 9.17) is 4.74 Å². The van der Waals surface area contributed by atoms with Crippen LogP contribution in [0.4, 0.5) is 0 Å². The third-order valence-corrected chi connectivity index (χ3v) is 3.07. The molecule has 0 radical (unpaired) electrons. The van der Waals surface area contributed by atoms with E-state index in [1.54, 1.807) is 0 Å². The van der Waals surface area contributed by atoms with Crippen molar-refractivity contribution in [2.24, 2.45) is 0 Å². The highest BCUT2D eigenvalue weighted by atomic mass is 16.5. The van der Waals surface area contributed by atoms with E-state index in [-0.39, 0.29) is 6.10 Å². The van der Waals surface area contributed by atoms with E-state index in [1.807, 2.05) is 0 Å². The van der Waals surface area contributed by atoms with Crippen LogP contribution >= 0.6 is 0 Å². The highest BCUT2D eigenvalue weighted by Gasteiger charge is 2.08. The van der Waals surface area contributed by atoms with Gasteiger partial charge >= 0.3 is 0 Å². The molecule has 0 aliphatic heterocycles. The molecule has 0 heterocycles. The van der Waals surface area contributed by atoms with Crippen LogP contribution < -0.4 is 10.1 Å². The van der Waals surface area contributed by atoms with E-state index in [1.165, 1.54) is 11.1 Å². The summed E-state index contributed by atoms with van der Waals surface area (Å²) < 4.78 is 6.02. The van der Waals surface area contributed by atoms with Gasteiger partial charge in [0, 0.05) is 6.54 Å². The van der Waals surface area contributed by atoms with Crippen molar-refractivity contribution in [1.82, 2.24) is 5.32 Å². The Hall–Kier alpha value is -1.02. The molecule has 1 atom stereocenters. The van der Waals surface area contributed by atoms with Crippen molar-refractivity contribution in [1.29, 1.82) is 0 Å². The highest BCUT2D eigenvalue weighted by Crippen LogP contribution is 2.24. The largest absolute Gasteiger partial charge is 0.489 e. The van der Waals surface area contributed by atoms with Crippen LogP contribution in [0.25, 0.3) is 0 Å². The van der Waals surface area contributed by atoms with Crippen molar-refractivity contribution >= 4 is 0 Å². The Balaban J connectivity index is 2.62. The summed E-state index contributed by atoms with van der Waals surface area (Å²) in [5.41, 5.74) is 2.55.